The summed E-state index contributed by atoms with van der Waals surface area (Å²) in [5.74, 6) is -1.60. The van der Waals surface area contributed by atoms with Gasteiger partial charge >= 0.3 is 5.97 Å². The molecule has 15 heteroatoms. The first kappa shape index (κ1) is 42.1. The minimum atomic E-state index is -1.06. The smallest absolute Gasteiger partial charge is 0.342 e. The van der Waals surface area contributed by atoms with Crippen LogP contribution in [0.5, 0.6) is 28.7 Å². The van der Waals surface area contributed by atoms with Crippen molar-refractivity contribution in [3.05, 3.63) is 58.2 Å². The van der Waals surface area contributed by atoms with E-state index in [1.165, 1.54) is 27.4 Å². The van der Waals surface area contributed by atoms with E-state index in [1.54, 1.807) is 31.2 Å². The summed E-state index contributed by atoms with van der Waals surface area (Å²) in [5.41, 5.74) is 0.308. The van der Waals surface area contributed by atoms with E-state index in [0.717, 1.165) is 0 Å². The number of fused-ring (bicyclic) bond motifs is 1. The van der Waals surface area contributed by atoms with Gasteiger partial charge in [-0.25, -0.2) is 4.79 Å². The van der Waals surface area contributed by atoms with Crippen LogP contribution in [0.1, 0.15) is 123 Å². The molecule has 298 valence electrons. The summed E-state index contributed by atoms with van der Waals surface area (Å²) in [6.45, 7) is 5.87. The number of carbonyl (C=O) groups is 4. The zero-order chi connectivity index (χ0) is 40.1. The Balaban J connectivity index is 1.63. The number of hydrogen-bond acceptors (Lipinski definition) is 13. The van der Waals surface area contributed by atoms with Crippen LogP contribution in [0.4, 0.5) is 0 Å². The van der Waals surface area contributed by atoms with Crippen LogP contribution in [0.3, 0.4) is 0 Å². The minimum Gasteiger partial charge on any atom is -0.507 e. The van der Waals surface area contributed by atoms with Gasteiger partial charge in [-0.3, -0.25) is 14.4 Å². The minimum absolute atomic E-state index is 0.00649. The SMILES string of the molecule is COc1cc(C(CC(=O)NCCC(=O)NCCc2nc(C(C)C)no2)c2c(O)cc3c(c2O)C(=O)OC(C)CCCC(=O)CCCC=C3)cc(OC)c1OC. The van der Waals surface area contributed by atoms with Crippen molar-refractivity contribution in [2.45, 2.75) is 96.5 Å². The summed E-state index contributed by atoms with van der Waals surface area (Å²) in [6, 6.07) is 4.52. The first-order valence-corrected chi connectivity index (χ1v) is 18.5. The standard InChI is InChI=1S/C40H52N4O11/c1-23(2)39-43-34(55-44-39)16-18-41-32(47)15-17-42-33(48)22-28(26-20-30(51-4)38(53-6)31(21-26)52-5)36-29(46)19-25-12-8-7-9-13-27(45)14-10-11-24(3)54-40(50)35(25)37(36)49/h8,12,19-21,23-24,28,46,49H,7,9-11,13-18,22H2,1-6H3,(H,41,47)(H,42,48). The van der Waals surface area contributed by atoms with Crippen molar-refractivity contribution in [3.63, 3.8) is 0 Å². The second-order valence-corrected chi connectivity index (χ2v) is 13.7. The highest BCUT2D eigenvalue weighted by Gasteiger charge is 2.32. The molecule has 2 heterocycles. The molecule has 55 heavy (non-hydrogen) atoms. The number of aromatic nitrogens is 2. The number of methoxy groups -OCH3 is 3. The summed E-state index contributed by atoms with van der Waals surface area (Å²) in [5, 5.41) is 32.9. The Morgan fingerprint density at radius 2 is 1.65 bits per heavy atom. The van der Waals surface area contributed by atoms with E-state index in [4.69, 9.17) is 23.5 Å². The molecule has 2 aromatic carbocycles. The maximum absolute atomic E-state index is 13.7. The number of allylic oxidation sites excluding steroid dienone is 1. The monoisotopic (exact) mass is 764 g/mol. The first-order valence-electron chi connectivity index (χ1n) is 18.5. The third-order valence-corrected chi connectivity index (χ3v) is 9.21. The average molecular weight is 765 g/mol. The van der Waals surface area contributed by atoms with Crippen LogP contribution >= 0.6 is 0 Å². The molecule has 0 saturated heterocycles. The second-order valence-electron chi connectivity index (χ2n) is 13.7. The van der Waals surface area contributed by atoms with Crippen LogP contribution in [0, 0.1) is 0 Å². The summed E-state index contributed by atoms with van der Waals surface area (Å²) in [4.78, 5) is 56.4. The fourth-order valence-corrected chi connectivity index (χ4v) is 6.28. The van der Waals surface area contributed by atoms with E-state index in [-0.39, 0.29) is 83.2 Å². The van der Waals surface area contributed by atoms with Gasteiger partial charge in [-0.1, -0.05) is 31.2 Å². The molecule has 1 aliphatic heterocycles. The lowest BCUT2D eigenvalue weighted by atomic mass is 9.84. The lowest BCUT2D eigenvalue weighted by Gasteiger charge is -2.24. The normalized spacial score (nSPS) is 15.7. The van der Waals surface area contributed by atoms with Gasteiger partial charge in [-0.15, -0.1) is 0 Å². The van der Waals surface area contributed by atoms with Crippen molar-refractivity contribution in [1.29, 1.82) is 0 Å². The van der Waals surface area contributed by atoms with Gasteiger partial charge in [0.15, 0.2) is 17.3 Å². The van der Waals surface area contributed by atoms with Crippen molar-refractivity contribution in [1.82, 2.24) is 20.8 Å². The second kappa shape index (κ2) is 20.2. The number of nitrogens with zero attached hydrogens (tertiary/aromatic N) is 2. The van der Waals surface area contributed by atoms with Gasteiger partial charge in [-0.2, -0.15) is 4.98 Å². The van der Waals surface area contributed by atoms with Crippen molar-refractivity contribution in [2.75, 3.05) is 34.4 Å². The lowest BCUT2D eigenvalue weighted by Crippen LogP contribution is -2.32. The predicted octanol–water partition coefficient (Wildman–Crippen LogP) is 5.50. The molecular weight excluding hydrogens is 712 g/mol. The molecule has 4 rings (SSSR count). The lowest BCUT2D eigenvalue weighted by molar-refractivity contribution is -0.122. The number of nitrogens with one attached hydrogen (secondary N) is 2. The van der Waals surface area contributed by atoms with Crippen molar-refractivity contribution >= 4 is 29.6 Å². The molecule has 0 saturated carbocycles. The number of ether oxygens (including phenoxy) is 4. The Bertz CT molecular complexity index is 1830. The highest BCUT2D eigenvalue weighted by atomic mass is 16.5. The number of aromatic hydroxyl groups is 2. The molecule has 1 aliphatic rings. The fraction of sp³-hybridized carbons (Fsp3) is 0.500. The Hall–Kier alpha value is -5.60. The topological polar surface area (TPSA) is 209 Å². The summed E-state index contributed by atoms with van der Waals surface area (Å²) >= 11 is 0. The van der Waals surface area contributed by atoms with Crippen LogP contribution in [0.15, 0.2) is 28.8 Å². The number of Topliss-reactive ketones (excluding diaryl/α,β-unsaturated/α-hetero) is 1. The van der Waals surface area contributed by atoms with E-state index >= 15 is 0 Å². The largest absolute Gasteiger partial charge is 0.507 e. The van der Waals surface area contributed by atoms with Gasteiger partial charge in [0.2, 0.25) is 23.5 Å². The Morgan fingerprint density at radius 3 is 2.31 bits per heavy atom. The highest BCUT2D eigenvalue weighted by molar-refractivity contribution is 5.98. The summed E-state index contributed by atoms with van der Waals surface area (Å²) in [7, 11) is 4.30. The Labute approximate surface area is 320 Å². The molecule has 2 amide bonds. The summed E-state index contributed by atoms with van der Waals surface area (Å²) in [6.07, 6.45) is 5.73. The van der Waals surface area contributed by atoms with Gasteiger partial charge in [0.05, 0.1) is 27.4 Å². The number of phenols is 2. The third-order valence-electron chi connectivity index (χ3n) is 9.21. The number of rotatable bonds is 14. The molecule has 2 atom stereocenters. The van der Waals surface area contributed by atoms with Crippen molar-refractivity contribution < 1.29 is 52.9 Å². The maximum atomic E-state index is 13.7. The van der Waals surface area contributed by atoms with Crippen LogP contribution < -0.4 is 24.8 Å². The zero-order valence-electron chi connectivity index (χ0n) is 32.4. The van der Waals surface area contributed by atoms with E-state index in [9.17, 15) is 29.4 Å². The highest BCUT2D eigenvalue weighted by Crippen LogP contribution is 2.47. The zero-order valence-corrected chi connectivity index (χ0v) is 32.4. The summed E-state index contributed by atoms with van der Waals surface area (Å²) < 4.78 is 27.6. The Morgan fingerprint density at radius 1 is 0.964 bits per heavy atom. The number of hydrogen-bond donors (Lipinski definition) is 4. The molecule has 0 spiro atoms. The molecule has 0 radical (unpaired) electrons. The van der Waals surface area contributed by atoms with Crippen LogP contribution in [0.25, 0.3) is 6.08 Å². The molecule has 15 nitrogen and oxygen atoms in total. The molecule has 1 aromatic heterocycles. The number of carbonyl (C=O) groups excluding carboxylic acids is 4. The molecule has 4 N–H and O–H groups in total. The number of benzene rings is 2. The predicted molar refractivity (Wildman–Crippen MR) is 202 cm³/mol. The first-order chi connectivity index (χ1) is 26.4. The van der Waals surface area contributed by atoms with Gasteiger partial charge in [-0.05, 0) is 61.9 Å². The average Bonchev–Trinajstić information content (AvgIpc) is 3.62. The number of amides is 2. The van der Waals surface area contributed by atoms with Gasteiger partial charge in [0, 0.05) is 62.6 Å². The van der Waals surface area contributed by atoms with Crippen molar-refractivity contribution in [3.8, 4) is 28.7 Å². The van der Waals surface area contributed by atoms with Crippen LogP contribution in [-0.2, 0) is 25.5 Å². The van der Waals surface area contributed by atoms with Gasteiger partial charge in [0.1, 0.15) is 22.8 Å². The molecular formula is C40H52N4O11. The van der Waals surface area contributed by atoms with Crippen LogP contribution in [-0.4, -0.2) is 84.4 Å². The molecule has 3 aromatic rings. The Kier molecular flexibility index (Phi) is 15.5. The van der Waals surface area contributed by atoms with Crippen molar-refractivity contribution in [2.24, 2.45) is 0 Å². The number of esters is 1. The van der Waals surface area contributed by atoms with E-state index < -0.39 is 29.6 Å². The quantitative estimate of drug-likeness (QED) is 0.150. The molecule has 0 aliphatic carbocycles. The maximum Gasteiger partial charge on any atom is 0.342 e. The third kappa shape index (κ3) is 11.4. The fourth-order valence-electron chi connectivity index (χ4n) is 6.28. The molecule has 0 bridgehead atoms. The molecule has 0 fully saturated rings. The van der Waals surface area contributed by atoms with Crippen LogP contribution in [0.2, 0.25) is 0 Å². The van der Waals surface area contributed by atoms with E-state index in [2.05, 4.69) is 20.8 Å². The number of ketones is 1. The molecule has 2 unspecified atom stereocenters. The number of cyclic esters (lactones) is 1. The van der Waals surface area contributed by atoms with E-state index in [0.29, 0.717) is 62.2 Å². The van der Waals surface area contributed by atoms with E-state index in [1.807, 2.05) is 13.8 Å². The number of phenolic OH excluding ortho intramolecular Hbond substituents is 2. The van der Waals surface area contributed by atoms with Gasteiger partial charge < -0.3 is 44.3 Å². The van der Waals surface area contributed by atoms with Gasteiger partial charge in [0.25, 0.3) is 0 Å².